The van der Waals surface area contributed by atoms with Crippen molar-refractivity contribution in [3.05, 3.63) is 29.8 Å². The number of nitrogens with one attached hydrogen (secondary N) is 2. The number of carbonyl (C=O) groups is 1. The van der Waals surface area contributed by atoms with Gasteiger partial charge in [0.15, 0.2) is 4.34 Å². The molecule has 1 heterocycles. The van der Waals surface area contributed by atoms with Crippen molar-refractivity contribution >= 4 is 44.2 Å². The number of anilines is 1. The Kier molecular flexibility index (Phi) is 9.34. The van der Waals surface area contributed by atoms with Crippen LogP contribution in [0, 0.1) is 0 Å². The molecule has 0 atom stereocenters. The first-order valence-corrected chi connectivity index (χ1v) is 12.7. The molecule has 0 saturated carbocycles. The molecule has 1 aromatic carbocycles. The minimum Gasteiger partial charge on any atom is -0.360 e. The van der Waals surface area contributed by atoms with Crippen molar-refractivity contribution in [3.63, 3.8) is 0 Å². The van der Waals surface area contributed by atoms with Crippen LogP contribution in [0.2, 0.25) is 0 Å². The Morgan fingerprint density at radius 1 is 1.14 bits per heavy atom. The predicted molar refractivity (Wildman–Crippen MR) is 118 cm³/mol. The maximum atomic E-state index is 12.5. The third kappa shape index (κ3) is 6.95. The van der Waals surface area contributed by atoms with Gasteiger partial charge in [-0.2, -0.15) is 4.31 Å². The number of hydrogen-bond donors (Lipinski definition) is 2. The summed E-state index contributed by atoms with van der Waals surface area (Å²) in [6.45, 7) is 7.74. The average Bonchev–Trinajstić information content (AvgIpc) is 3.18. The lowest BCUT2D eigenvalue weighted by Gasteiger charge is -2.18. The average molecular weight is 458 g/mol. The quantitative estimate of drug-likeness (QED) is 0.472. The lowest BCUT2D eigenvalue weighted by molar-refractivity contribution is -0.118. The van der Waals surface area contributed by atoms with Gasteiger partial charge in [0.05, 0.1) is 10.6 Å². The second-order valence-corrected chi connectivity index (χ2v) is 10.2. The van der Waals surface area contributed by atoms with Crippen molar-refractivity contribution in [2.75, 3.05) is 30.7 Å². The Bertz CT molecular complexity index is 880. The third-order valence-corrected chi connectivity index (χ3v) is 8.09. The van der Waals surface area contributed by atoms with Gasteiger partial charge in [-0.05, 0) is 24.1 Å². The molecule has 2 N–H and O–H groups in total. The molecule has 0 unspecified atom stereocenters. The number of rotatable bonds is 12. The van der Waals surface area contributed by atoms with E-state index in [-0.39, 0.29) is 16.6 Å². The van der Waals surface area contributed by atoms with E-state index in [0.29, 0.717) is 19.6 Å². The van der Waals surface area contributed by atoms with Gasteiger partial charge in [0.1, 0.15) is 0 Å². The number of carbonyl (C=O) groups excluding carboxylic acids is 1. The van der Waals surface area contributed by atoms with Gasteiger partial charge >= 0.3 is 0 Å². The van der Waals surface area contributed by atoms with Gasteiger partial charge in [0.2, 0.25) is 21.1 Å². The van der Waals surface area contributed by atoms with Crippen molar-refractivity contribution in [3.8, 4) is 0 Å². The van der Waals surface area contributed by atoms with E-state index in [1.54, 1.807) is 24.3 Å². The van der Waals surface area contributed by atoms with Crippen LogP contribution in [0.25, 0.3) is 0 Å². The molecule has 1 amide bonds. The summed E-state index contributed by atoms with van der Waals surface area (Å²) in [7, 11) is -3.47. The summed E-state index contributed by atoms with van der Waals surface area (Å²) in [5, 5.41) is 14.8. The molecular weight excluding hydrogens is 430 g/mol. The lowest BCUT2D eigenvalue weighted by Crippen LogP contribution is -2.30. The van der Waals surface area contributed by atoms with E-state index >= 15 is 0 Å². The Morgan fingerprint density at radius 3 is 2.45 bits per heavy atom. The molecule has 0 radical (unpaired) electrons. The number of thioether (sulfide) groups is 1. The summed E-state index contributed by atoms with van der Waals surface area (Å²) in [6.07, 6.45) is 1.01. The first kappa shape index (κ1) is 23.6. The van der Waals surface area contributed by atoms with E-state index in [9.17, 15) is 13.2 Å². The van der Waals surface area contributed by atoms with Crippen LogP contribution in [0.5, 0.6) is 0 Å². The van der Waals surface area contributed by atoms with Crippen LogP contribution in [-0.2, 0) is 21.4 Å². The number of hydrogen-bond acceptors (Lipinski definition) is 8. The van der Waals surface area contributed by atoms with Crippen LogP contribution in [0.15, 0.2) is 33.5 Å². The molecule has 2 rings (SSSR count). The summed E-state index contributed by atoms with van der Waals surface area (Å²) >= 11 is 2.77. The molecule has 0 aliphatic carbocycles. The number of nitrogens with zero attached hydrogens (tertiary/aromatic N) is 3. The second-order valence-electron chi connectivity index (χ2n) is 6.10. The normalized spacial score (nSPS) is 11.6. The molecule has 0 saturated heterocycles. The van der Waals surface area contributed by atoms with E-state index in [1.165, 1.54) is 27.4 Å². The van der Waals surface area contributed by atoms with Gasteiger partial charge in [-0.3, -0.25) is 4.79 Å². The summed E-state index contributed by atoms with van der Waals surface area (Å²) in [5.74, 6) is 0.129. The molecule has 0 bridgehead atoms. The molecule has 0 fully saturated rings. The lowest BCUT2D eigenvalue weighted by atomic mass is 10.2. The fourth-order valence-electron chi connectivity index (χ4n) is 2.44. The van der Waals surface area contributed by atoms with E-state index in [1.807, 2.05) is 13.8 Å². The topological polar surface area (TPSA) is 104 Å². The maximum absolute atomic E-state index is 12.5. The SMILES string of the molecule is CCCNc1nnc(SCC(=O)NCc2ccc(S(=O)(=O)N(CC)CC)cc2)s1. The molecular formula is C18H27N5O3S3. The fourth-order valence-corrected chi connectivity index (χ4v) is 5.51. The van der Waals surface area contributed by atoms with Gasteiger partial charge < -0.3 is 10.6 Å². The van der Waals surface area contributed by atoms with Crippen LogP contribution in [0.4, 0.5) is 5.13 Å². The van der Waals surface area contributed by atoms with E-state index in [2.05, 4.69) is 27.8 Å². The van der Waals surface area contributed by atoms with Gasteiger partial charge in [0, 0.05) is 26.2 Å². The minimum atomic E-state index is -3.47. The molecule has 2 aromatic rings. The van der Waals surface area contributed by atoms with Crippen molar-refractivity contribution in [1.29, 1.82) is 0 Å². The Balaban J connectivity index is 1.82. The van der Waals surface area contributed by atoms with Crippen molar-refractivity contribution in [1.82, 2.24) is 19.8 Å². The van der Waals surface area contributed by atoms with Crippen molar-refractivity contribution in [2.45, 2.75) is 43.0 Å². The first-order valence-electron chi connectivity index (χ1n) is 9.46. The highest BCUT2D eigenvalue weighted by molar-refractivity contribution is 8.01. The first-order chi connectivity index (χ1) is 13.9. The third-order valence-electron chi connectivity index (χ3n) is 4.02. The van der Waals surface area contributed by atoms with Crippen molar-refractivity contribution < 1.29 is 13.2 Å². The van der Waals surface area contributed by atoms with Crippen LogP contribution in [-0.4, -0.2) is 54.2 Å². The maximum Gasteiger partial charge on any atom is 0.243 e. The largest absolute Gasteiger partial charge is 0.360 e. The zero-order valence-electron chi connectivity index (χ0n) is 16.8. The molecule has 0 aliphatic heterocycles. The number of benzene rings is 1. The highest BCUT2D eigenvalue weighted by Gasteiger charge is 2.21. The zero-order valence-corrected chi connectivity index (χ0v) is 19.3. The molecule has 11 heteroatoms. The highest BCUT2D eigenvalue weighted by Crippen LogP contribution is 2.25. The monoisotopic (exact) mass is 457 g/mol. The smallest absolute Gasteiger partial charge is 0.243 e. The number of aromatic nitrogens is 2. The minimum absolute atomic E-state index is 0.117. The second kappa shape index (κ2) is 11.5. The molecule has 0 aliphatic rings. The Labute approximate surface area is 180 Å². The fraction of sp³-hybridized carbons (Fsp3) is 0.500. The van der Waals surface area contributed by atoms with E-state index in [4.69, 9.17) is 0 Å². The van der Waals surface area contributed by atoms with E-state index < -0.39 is 10.0 Å². The van der Waals surface area contributed by atoms with E-state index in [0.717, 1.165) is 28.0 Å². The van der Waals surface area contributed by atoms with Gasteiger partial charge in [-0.1, -0.05) is 56.0 Å². The van der Waals surface area contributed by atoms with Crippen LogP contribution >= 0.6 is 23.1 Å². The van der Waals surface area contributed by atoms with Crippen LogP contribution in [0.3, 0.4) is 0 Å². The Morgan fingerprint density at radius 2 is 1.83 bits per heavy atom. The van der Waals surface area contributed by atoms with Crippen molar-refractivity contribution in [2.24, 2.45) is 0 Å². The summed E-state index contributed by atoms with van der Waals surface area (Å²) in [6, 6.07) is 6.60. The molecule has 8 nitrogen and oxygen atoms in total. The zero-order chi connectivity index (χ0) is 21.3. The predicted octanol–water partition coefficient (Wildman–Crippen LogP) is 2.80. The molecule has 1 aromatic heterocycles. The highest BCUT2D eigenvalue weighted by atomic mass is 32.2. The number of sulfonamides is 1. The molecule has 160 valence electrons. The van der Waals surface area contributed by atoms with Crippen LogP contribution < -0.4 is 10.6 Å². The van der Waals surface area contributed by atoms with Gasteiger partial charge in [-0.25, -0.2) is 8.42 Å². The summed E-state index contributed by atoms with van der Waals surface area (Å²) < 4.78 is 27.1. The summed E-state index contributed by atoms with van der Waals surface area (Å²) in [5.41, 5.74) is 0.837. The Hall–Kier alpha value is -1.69. The standard InChI is InChI=1S/C18H27N5O3S3/c1-4-11-19-17-21-22-18(28-17)27-13-16(24)20-12-14-7-9-15(10-8-14)29(25,26)23(5-2)6-3/h7-10H,4-6,11-13H2,1-3H3,(H,19,21)(H,20,24). The molecule has 29 heavy (non-hydrogen) atoms. The molecule has 0 spiro atoms. The van der Waals surface area contributed by atoms with Gasteiger partial charge in [-0.15, -0.1) is 10.2 Å². The number of amides is 1. The van der Waals surface area contributed by atoms with Gasteiger partial charge in [0.25, 0.3) is 0 Å². The summed E-state index contributed by atoms with van der Waals surface area (Å²) in [4.78, 5) is 12.3. The van der Waals surface area contributed by atoms with Crippen LogP contribution in [0.1, 0.15) is 32.8 Å².